The first kappa shape index (κ1) is 11.8. The van der Waals surface area contributed by atoms with Crippen molar-refractivity contribution in [1.29, 1.82) is 0 Å². The molecule has 1 aromatic carbocycles. The second kappa shape index (κ2) is 4.46. The quantitative estimate of drug-likeness (QED) is 0.541. The Morgan fingerprint density at radius 1 is 1.40 bits per heavy atom. The summed E-state index contributed by atoms with van der Waals surface area (Å²) in [6, 6.07) is 6.03. The lowest BCUT2D eigenvalue weighted by molar-refractivity contribution is -0.390. The topological polar surface area (TPSA) is 134 Å². The van der Waals surface area contributed by atoms with Gasteiger partial charge < -0.3 is 9.72 Å². The van der Waals surface area contributed by atoms with Gasteiger partial charge in [0.25, 0.3) is 11.5 Å². The summed E-state index contributed by atoms with van der Waals surface area (Å²) in [6.07, 6.45) is 1.43. The van der Waals surface area contributed by atoms with Crippen LogP contribution in [-0.4, -0.2) is 19.9 Å². The SMILES string of the molecule is Nc1nc2nc[nH]c2c(Oc2ccccc2[N+](=O)[O-])[nH+]1. The number of nitro benzene ring substituents is 1. The first-order valence-electron chi connectivity index (χ1n) is 5.58. The molecule has 20 heavy (non-hydrogen) atoms. The van der Waals surface area contributed by atoms with Crippen molar-refractivity contribution < 1.29 is 14.6 Å². The fourth-order valence-electron chi connectivity index (χ4n) is 1.74. The summed E-state index contributed by atoms with van der Waals surface area (Å²) in [7, 11) is 0. The summed E-state index contributed by atoms with van der Waals surface area (Å²) in [5, 5.41) is 11.0. The monoisotopic (exact) mass is 273 g/mol. The number of fused-ring (bicyclic) bond motifs is 1. The fraction of sp³-hybridized carbons (Fsp3) is 0. The standard InChI is InChI=1S/C11H8N6O3/c12-11-15-9-8(13-5-14-9)10(16-11)20-7-4-2-1-3-6(7)17(18)19/h1-5H,(H3,12,13,14,15,16)/p+1. The van der Waals surface area contributed by atoms with Crippen molar-refractivity contribution in [3.8, 4) is 11.6 Å². The molecule has 0 aliphatic rings. The van der Waals surface area contributed by atoms with Crippen molar-refractivity contribution in [2.75, 3.05) is 5.73 Å². The number of nitrogens with two attached hydrogens (primary N) is 1. The van der Waals surface area contributed by atoms with Gasteiger partial charge in [-0.3, -0.25) is 15.8 Å². The first-order valence-corrected chi connectivity index (χ1v) is 5.58. The fourth-order valence-corrected chi connectivity index (χ4v) is 1.74. The van der Waals surface area contributed by atoms with Crippen molar-refractivity contribution in [3.05, 3.63) is 40.7 Å². The van der Waals surface area contributed by atoms with Gasteiger partial charge >= 0.3 is 11.6 Å². The van der Waals surface area contributed by atoms with E-state index in [-0.39, 0.29) is 23.3 Å². The minimum atomic E-state index is -0.524. The van der Waals surface area contributed by atoms with E-state index in [0.717, 1.165) is 0 Å². The highest BCUT2D eigenvalue weighted by atomic mass is 16.6. The summed E-state index contributed by atoms with van der Waals surface area (Å²) in [5.41, 5.74) is 6.28. The van der Waals surface area contributed by atoms with Crippen molar-refractivity contribution in [1.82, 2.24) is 15.0 Å². The number of H-pyrrole nitrogens is 2. The smallest absolute Gasteiger partial charge is 0.392 e. The normalized spacial score (nSPS) is 10.6. The van der Waals surface area contributed by atoms with Crippen LogP contribution in [0.15, 0.2) is 30.6 Å². The average molecular weight is 273 g/mol. The van der Waals surface area contributed by atoms with Crippen LogP contribution >= 0.6 is 0 Å². The van der Waals surface area contributed by atoms with E-state index in [9.17, 15) is 10.1 Å². The molecule has 0 aliphatic heterocycles. The molecule has 0 fully saturated rings. The van der Waals surface area contributed by atoms with Crippen LogP contribution in [0.4, 0.5) is 11.6 Å². The maximum absolute atomic E-state index is 11.0. The van der Waals surface area contributed by atoms with Crippen LogP contribution in [0.3, 0.4) is 0 Å². The number of imidazole rings is 1. The van der Waals surface area contributed by atoms with E-state index in [2.05, 4.69) is 19.9 Å². The van der Waals surface area contributed by atoms with Crippen LogP contribution in [0.25, 0.3) is 11.2 Å². The van der Waals surface area contributed by atoms with Gasteiger partial charge in [0.2, 0.25) is 5.75 Å². The van der Waals surface area contributed by atoms with Crippen molar-refractivity contribution >= 4 is 22.8 Å². The minimum Gasteiger partial charge on any atom is -0.420 e. The molecule has 4 N–H and O–H groups in total. The molecule has 100 valence electrons. The molecule has 0 bridgehead atoms. The highest BCUT2D eigenvalue weighted by Crippen LogP contribution is 2.31. The predicted molar refractivity (Wildman–Crippen MR) is 68.0 cm³/mol. The van der Waals surface area contributed by atoms with Gasteiger partial charge in [0, 0.05) is 6.07 Å². The van der Waals surface area contributed by atoms with Gasteiger partial charge in [-0.25, -0.2) is 9.97 Å². The maximum atomic E-state index is 11.0. The van der Waals surface area contributed by atoms with Crippen molar-refractivity contribution in [2.24, 2.45) is 0 Å². The molecule has 0 amide bonds. The summed E-state index contributed by atoms with van der Waals surface area (Å²) < 4.78 is 5.53. The molecular weight excluding hydrogens is 264 g/mol. The number of aromatic amines is 2. The Morgan fingerprint density at radius 3 is 3.00 bits per heavy atom. The van der Waals surface area contributed by atoms with Crippen LogP contribution in [-0.2, 0) is 0 Å². The number of hydrogen-bond donors (Lipinski definition) is 2. The Morgan fingerprint density at radius 2 is 2.20 bits per heavy atom. The van der Waals surface area contributed by atoms with Gasteiger partial charge in [-0.2, -0.15) is 0 Å². The number of nitrogens with zero attached hydrogens (tertiary/aromatic N) is 3. The van der Waals surface area contributed by atoms with E-state index in [1.165, 1.54) is 18.5 Å². The van der Waals surface area contributed by atoms with E-state index < -0.39 is 4.92 Å². The molecule has 9 nitrogen and oxygen atoms in total. The number of rotatable bonds is 3. The Hall–Kier alpha value is -3.23. The van der Waals surface area contributed by atoms with E-state index >= 15 is 0 Å². The highest BCUT2D eigenvalue weighted by Gasteiger charge is 2.20. The third kappa shape index (κ3) is 1.96. The third-order valence-electron chi connectivity index (χ3n) is 2.59. The van der Waals surface area contributed by atoms with Gasteiger partial charge in [-0.1, -0.05) is 12.1 Å². The average Bonchev–Trinajstić information content (AvgIpc) is 2.87. The second-order valence-corrected chi connectivity index (χ2v) is 3.88. The molecule has 0 saturated carbocycles. The Kier molecular flexibility index (Phi) is 2.64. The lowest BCUT2D eigenvalue weighted by Crippen LogP contribution is -2.15. The Balaban J connectivity index is 2.10. The molecule has 2 heterocycles. The van der Waals surface area contributed by atoms with Crippen LogP contribution in [0.1, 0.15) is 0 Å². The number of ether oxygens (including phenoxy) is 1. The number of nitro groups is 1. The molecule has 0 spiro atoms. The number of nitrogens with one attached hydrogen (secondary N) is 2. The molecule has 3 aromatic rings. The van der Waals surface area contributed by atoms with E-state index in [1.807, 2.05) is 0 Å². The van der Waals surface area contributed by atoms with Crippen LogP contribution in [0, 0.1) is 10.1 Å². The van der Waals surface area contributed by atoms with Gasteiger partial charge in [0.1, 0.15) is 0 Å². The second-order valence-electron chi connectivity index (χ2n) is 3.88. The molecule has 0 saturated heterocycles. The maximum Gasteiger partial charge on any atom is 0.392 e. The van der Waals surface area contributed by atoms with Gasteiger partial charge in [0.05, 0.1) is 11.3 Å². The zero-order valence-corrected chi connectivity index (χ0v) is 10.0. The minimum absolute atomic E-state index is 0.0928. The zero-order valence-electron chi connectivity index (χ0n) is 10.0. The van der Waals surface area contributed by atoms with Gasteiger partial charge in [-0.15, -0.1) is 0 Å². The van der Waals surface area contributed by atoms with Crippen LogP contribution < -0.4 is 15.5 Å². The van der Waals surface area contributed by atoms with Crippen LogP contribution in [0.5, 0.6) is 11.6 Å². The van der Waals surface area contributed by atoms with Crippen LogP contribution in [0.2, 0.25) is 0 Å². The molecule has 0 radical (unpaired) electrons. The van der Waals surface area contributed by atoms with E-state index in [1.54, 1.807) is 12.1 Å². The molecule has 0 atom stereocenters. The number of anilines is 1. The summed E-state index contributed by atoms with van der Waals surface area (Å²) in [6.45, 7) is 0. The molecule has 9 heteroatoms. The predicted octanol–water partition coefficient (Wildman–Crippen LogP) is 1.05. The number of nitrogen functional groups attached to an aromatic ring is 1. The third-order valence-corrected chi connectivity index (χ3v) is 2.59. The number of hydrogen-bond acceptors (Lipinski definition) is 6. The zero-order chi connectivity index (χ0) is 14.1. The molecule has 0 aliphatic carbocycles. The lowest BCUT2D eigenvalue weighted by Gasteiger charge is -2.04. The summed E-state index contributed by atoms with van der Waals surface area (Å²) >= 11 is 0. The molecular formula is C11H9N6O3+. The summed E-state index contributed by atoms with van der Waals surface area (Å²) in [4.78, 5) is 23.9. The number of para-hydroxylation sites is 2. The van der Waals surface area contributed by atoms with E-state index in [0.29, 0.717) is 11.2 Å². The van der Waals surface area contributed by atoms with Gasteiger partial charge in [-0.05, 0) is 11.1 Å². The Bertz CT molecular complexity index is 800. The number of aromatic nitrogens is 4. The lowest BCUT2D eigenvalue weighted by atomic mass is 10.3. The van der Waals surface area contributed by atoms with E-state index in [4.69, 9.17) is 10.5 Å². The van der Waals surface area contributed by atoms with Crippen molar-refractivity contribution in [2.45, 2.75) is 0 Å². The highest BCUT2D eigenvalue weighted by molar-refractivity contribution is 5.75. The summed E-state index contributed by atoms with van der Waals surface area (Å²) in [5.74, 6) is 0.396. The molecule has 0 unspecified atom stereocenters. The van der Waals surface area contributed by atoms with Gasteiger partial charge in [0.15, 0.2) is 5.52 Å². The molecule has 2 aromatic heterocycles. The number of benzene rings is 1. The van der Waals surface area contributed by atoms with Crippen molar-refractivity contribution in [3.63, 3.8) is 0 Å². The Labute approximate surface area is 111 Å². The largest absolute Gasteiger partial charge is 0.420 e. The first-order chi connectivity index (χ1) is 9.65. The molecule has 3 rings (SSSR count).